The van der Waals surface area contributed by atoms with Crippen molar-refractivity contribution in [1.29, 1.82) is 0 Å². The van der Waals surface area contributed by atoms with Gasteiger partial charge in [-0.3, -0.25) is 4.79 Å². The van der Waals surface area contributed by atoms with Gasteiger partial charge < -0.3 is 9.64 Å². The zero-order chi connectivity index (χ0) is 21.5. The van der Waals surface area contributed by atoms with E-state index < -0.39 is 5.97 Å². The lowest BCUT2D eigenvalue weighted by atomic mass is 10.1. The number of ether oxygens (including phenoxy) is 1. The van der Waals surface area contributed by atoms with Gasteiger partial charge in [0.05, 0.1) is 11.4 Å². The Labute approximate surface area is 183 Å². The van der Waals surface area contributed by atoms with Crippen molar-refractivity contribution in [2.75, 3.05) is 11.5 Å². The molecule has 4 aromatic rings. The number of benzene rings is 2. The number of esters is 1. The molecule has 1 aliphatic rings. The van der Waals surface area contributed by atoms with Crippen molar-refractivity contribution < 1.29 is 14.3 Å². The summed E-state index contributed by atoms with van der Waals surface area (Å²) in [7, 11) is 0. The van der Waals surface area contributed by atoms with E-state index in [0.29, 0.717) is 4.88 Å². The van der Waals surface area contributed by atoms with E-state index in [1.165, 1.54) is 11.3 Å². The van der Waals surface area contributed by atoms with E-state index in [2.05, 4.69) is 5.10 Å². The summed E-state index contributed by atoms with van der Waals surface area (Å²) in [5, 5.41) is 5.50. The van der Waals surface area contributed by atoms with Crippen LogP contribution in [0.2, 0.25) is 0 Å². The average Bonchev–Trinajstić information content (AvgIpc) is 3.44. The average molecular weight is 432 g/mol. The molecule has 2 aromatic heterocycles. The van der Waals surface area contributed by atoms with Crippen LogP contribution in [0.1, 0.15) is 27.9 Å². The SMILES string of the molecule is Cc1nn(-c2ccccc2)c2sc(C(=O)OCC(=O)N3c4ccccc4C[C@@H]3C)cc12. The van der Waals surface area contributed by atoms with Gasteiger partial charge in [-0.2, -0.15) is 5.10 Å². The number of amides is 1. The number of aryl methyl sites for hydroxylation is 1. The van der Waals surface area contributed by atoms with Crippen LogP contribution in [0.5, 0.6) is 0 Å². The van der Waals surface area contributed by atoms with Gasteiger partial charge in [0.25, 0.3) is 5.91 Å². The number of carbonyl (C=O) groups excluding carboxylic acids is 2. The normalized spacial score (nSPS) is 15.3. The fourth-order valence-corrected chi connectivity index (χ4v) is 5.18. The van der Waals surface area contributed by atoms with Gasteiger partial charge in [0.1, 0.15) is 9.71 Å². The minimum atomic E-state index is -0.492. The monoisotopic (exact) mass is 431 g/mol. The highest BCUT2D eigenvalue weighted by molar-refractivity contribution is 7.20. The Bertz CT molecular complexity index is 1290. The molecule has 2 aromatic carbocycles. The van der Waals surface area contributed by atoms with Gasteiger partial charge in [-0.1, -0.05) is 36.4 Å². The van der Waals surface area contributed by atoms with Gasteiger partial charge >= 0.3 is 5.97 Å². The first-order valence-corrected chi connectivity index (χ1v) is 11.0. The largest absolute Gasteiger partial charge is 0.451 e. The Hall–Kier alpha value is -3.45. The van der Waals surface area contributed by atoms with Crippen LogP contribution in [-0.4, -0.2) is 34.3 Å². The van der Waals surface area contributed by atoms with Gasteiger partial charge in [0.2, 0.25) is 0 Å². The molecule has 1 amide bonds. The lowest BCUT2D eigenvalue weighted by Crippen LogP contribution is -2.38. The van der Waals surface area contributed by atoms with E-state index >= 15 is 0 Å². The van der Waals surface area contributed by atoms with Gasteiger partial charge in [-0.15, -0.1) is 11.3 Å². The first kappa shape index (κ1) is 19.5. The van der Waals surface area contributed by atoms with Crippen LogP contribution >= 0.6 is 11.3 Å². The highest BCUT2D eigenvalue weighted by atomic mass is 32.1. The third kappa shape index (κ3) is 3.41. The number of rotatable bonds is 4. The Morgan fingerprint density at radius 3 is 2.68 bits per heavy atom. The lowest BCUT2D eigenvalue weighted by molar-refractivity contribution is -0.122. The Morgan fingerprint density at radius 1 is 1.13 bits per heavy atom. The molecular formula is C24H21N3O3S. The molecule has 3 heterocycles. The van der Waals surface area contributed by atoms with Crippen LogP contribution in [0, 0.1) is 6.92 Å². The standard InChI is InChI=1S/C24H21N3O3S/c1-15-12-17-8-6-7-11-20(17)26(15)22(28)14-30-24(29)21-13-19-16(2)25-27(23(19)31-21)18-9-4-3-5-10-18/h3-11,13,15H,12,14H2,1-2H3/t15-/m0/s1. The molecule has 0 fully saturated rings. The number of thiophene rings is 1. The van der Waals surface area contributed by atoms with Crippen LogP contribution in [-0.2, 0) is 16.0 Å². The summed E-state index contributed by atoms with van der Waals surface area (Å²) in [5.41, 5.74) is 3.81. The third-order valence-electron chi connectivity index (χ3n) is 5.55. The number of carbonyl (C=O) groups is 2. The second kappa shape index (κ2) is 7.67. The first-order valence-electron chi connectivity index (χ1n) is 10.1. The number of nitrogens with zero attached hydrogens (tertiary/aromatic N) is 3. The highest BCUT2D eigenvalue weighted by Crippen LogP contribution is 2.33. The summed E-state index contributed by atoms with van der Waals surface area (Å²) >= 11 is 1.32. The van der Waals surface area contributed by atoms with Crippen molar-refractivity contribution >= 4 is 39.1 Å². The Morgan fingerprint density at radius 2 is 1.87 bits per heavy atom. The van der Waals surface area contributed by atoms with Gasteiger partial charge in [-0.05, 0) is 50.1 Å². The van der Waals surface area contributed by atoms with Crippen LogP contribution in [0.3, 0.4) is 0 Å². The van der Waals surface area contributed by atoms with Crippen LogP contribution in [0.25, 0.3) is 15.9 Å². The fourth-order valence-electron chi connectivity index (χ4n) is 4.11. The molecule has 1 aliphatic heterocycles. The number of hydrogen-bond donors (Lipinski definition) is 0. The van der Waals surface area contributed by atoms with Crippen molar-refractivity contribution in [3.8, 4) is 5.69 Å². The molecule has 156 valence electrons. The summed E-state index contributed by atoms with van der Waals surface area (Å²) in [6.45, 7) is 3.64. The minimum Gasteiger partial charge on any atom is -0.451 e. The number of anilines is 1. The summed E-state index contributed by atoms with van der Waals surface area (Å²) in [5.74, 6) is -0.702. The highest BCUT2D eigenvalue weighted by Gasteiger charge is 2.31. The maximum Gasteiger partial charge on any atom is 0.348 e. The van der Waals surface area contributed by atoms with Crippen molar-refractivity contribution in [2.24, 2.45) is 0 Å². The molecule has 0 radical (unpaired) electrons. The van der Waals surface area contributed by atoms with E-state index in [4.69, 9.17) is 4.74 Å². The predicted octanol–water partition coefficient (Wildman–Crippen LogP) is 4.53. The van der Waals surface area contributed by atoms with E-state index in [-0.39, 0.29) is 18.6 Å². The maximum absolute atomic E-state index is 12.8. The summed E-state index contributed by atoms with van der Waals surface area (Å²) in [4.78, 5) is 28.6. The molecule has 0 spiro atoms. The van der Waals surface area contributed by atoms with Gasteiger partial charge in [0.15, 0.2) is 6.61 Å². The van der Waals surface area contributed by atoms with Crippen LogP contribution in [0.15, 0.2) is 60.7 Å². The van der Waals surface area contributed by atoms with Crippen LogP contribution < -0.4 is 4.90 Å². The van der Waals surface area contributed by atoms with Crippen molar-refractivity contribution in [3.63, 3.8) is 0 Å². The summed E-state index contributed by atoms with van der Waals surface area (Å²) in [6, 6.07) is 19.5. The van der Waals surface area contributed by atoms with Crippen molar-refractivity contribution in [1.82, 2.24) is 9.78 Å². The summed E-state index contributed by atoms with van der Waals surface area (Å²) < 4.78 is 7.23. The molecule has 0 N–H and O–H groups in total. The lowest BCUT2D eigenvalue weighted by Gasteiger charge is -2.22. The number of hydrogen-bond acceptors (Lipinski definition) is 5. The number of para-hydroxylation sites is 2. The molecule has 1 atom stereocenters. The van der Waals surface area contributed by atoms with Crippen LogP contribution in [0.4, 0.5) is 5.69 Å². The number of aromatic nitrogens is 2. The zero-order valence-electron chi connectivity index (χ0n) is 17.2. The molecule has 5 rings (SSSR count). The zero-order valence-corrected chi connectivity index (χ0v) is 18.1. The smallest absolute Gasteiger partial charge is 0.348 e. The predicted molar refractivity (Wildman–Crippen MR) is 121 cm³/mol. The molecule has 0 aliphatic carbocycles. The maximum atomic E-state index is 12.8. The molecule has 0 bridgehead atoms. The van der Waals surface area contributed by atoms with E-state index in [1.54, 1.807) is 11.0 Å². The van der Waals surface area contributed by atoms with E-state index in [9.17, 15) is 9.59 Å². The minimum absolute atomic E-state index is 0.0485. The molecular weight excluding hydrogens is 410 g/mol. The molecule has 7 heteroatoms. The van der Waals surface area contributed by atoms with Crippen molar-refractivity contribution in [3.05, 3.63) is 76.8 Å². The molecule has 0 saturated carbocycles. The Balaban J connectivity index is 1.34. The Kier molecular flexibility index (Phi) is 4.82. The van der Waals surface area contributed by atoms with E-state index in [0.717, 1.165) is 39.3 Å². The quantitative estimate of drug-likeness (QED) is 0.446. The van der Waals surface area contributed by atoms with Gasteiger partial charge in [-0.25, -0.2) is 9.48 Å². The fraction of sp³-hybridized carbons (Fsp3) is 0.208. The summed E-state index contributed by atoms with van der Waals surface area (Å²) in [6.07, 6.45) is 0.807. The molecule has 6 nitrogen and oxygen atoms in total. The van der Waals surface area contributed by atoms with Gasteiger partial charge in [0, 0.05) is 17.1 Å². The third-order valence-corrected chi connectivity index (χ3v) is 6.64. The van der Waals surface area contributed by atoms with E-state index in [1.807, 2.05) is 73.1 Å². The molecule has 0 unspecified atom stereocenters. The molecule has 31 heavy (non-hydrogen) atoms. The van der Waals surface area contributed by atoms with Crippen molar-refractivity contribution in [2.45, 2.75) is 26.3 Å². The second-order valence-electron chi connectivity index (χ2n) is 7.68. The molecule has 0 saturated heterocycles. The first-order chi connectivity index (χ1) is 15.0. The second-order valence-corrected chi connectivity index (χ2v) is 8.71. The number of fused-ring (bicyclic) bond motifs is 2. The topological polar surface area (TPSA) is 64.4 Å².